The standard InChI is InChI=1S/C15H21NO2/c1-16(11-12-7-3-2-4-8-12)14(15(17)18)13-9-5-6-10-13/h2-4,7-8,13-14H,5-6,9-11H2,1H3,(H,17,18). The molecule has 0 aliphatic heterocycles. The van der Waals surface area contributed by atoms with Gasteiger partial charge in [0, 0.05) is 6.54 Å². The predicted octanol–water partition coefficient (Wildman–Crippen LogP) is 2.76. The first-order chi connectivity index (χ1) is 8.68. The van der Waals surface area contributed by atoms with E-state index in [2.05, 4.69) is 0 Å². The van der Waals surface area contributed by atoms with Crippen LogP contribution in [0.5, 0.6) is 0 Å². The Labute approximate surface area is 108 Å². The third-order valence-corrected chi connectivity index (χ3v) is 3.85. The van der Waals surface area contributed by atoms with Gasteiger partial charge in [-0.2, -0.15) is 0 Å². The number of likely N-dealkylation sites (N-methyl/N-ethyl adjacent to an activating group) is 1. The topological polar surface area (TPSA) is 40.5 Å². The van der Waals surface area contributed by atoms with E-state index in [0.717, 1.165) is 12.8 Å². The van der Waals surface area contributed by atoms with Gasteiger partial charge >= 0.3 is 5.97 Å². The van der Waals surface area contributed by atoms with Gasteiger partial charge in [-0.1, -0.05) is 43.2 Å². The number of aliphatic carboxylic acids is 1. The van der Waals surface area contributed by atoms with E-state index in [-0.39, 0.29) is 6.04 Å². The molecule has 1 unspecified atom stereocenters. The number of hydrogen-bond acceptors (Lipinski definition) is 2. The van der Waals surface area contributed by atoms with Gasteiger partial charge in [-0.15, -0.1) is 0 Å². The number of nitrogens with zero attached hydrogens (tertiary/aromatic N) is 1. The lowest BCUT2D eigenvalue weighted by molar-refractivity contribution is -0.145. The summed E-state index contributed by atoms with van der Waals surface area (Å²) in [5.74, 6) is -0.364. The smallest absolute Gasteiger partial charge is 0.321 e. The molecule has 1 aromatic rings. The zero-order valence-corrected chi connectivity index (χ0v) is 10.9. The van der Waals surface area contributed by atoms with Crippen LogP contribution >= 0.6 is 0 Å². The van der Waals surface area contributed by atoms with E-state index in [4.69, 9.17) is 0 Å². The Hall–Kier alpha value is -1.35. The van der Waals surface area contributed by atoms with Gasteiger partial charge in [0.05, 0.1) is 0 Å². The molecule has 3 heteroatoms. The average molecular weight is 247 g/mol. The fraction of sp³-hybridized carbons (Fsp3) is 0.533. The molecule has 1 aliphatic carbocycles. The molecule has 0 heterocycles. The molecule has 0 spiro atoms. The summed E-state index contributed by atoms with van der Waals surface area (Å²) in [5, 5.41) is 9.44. The summed E-state index contributed by atoms with van der Waals surface area (Å²) < 4.78 is 0. The zero-order valence-electron chi connectivity index (χ0n) is 10.9. The van der Waals surface area contributed by atoms with Crippen LogP contribution in [0.4, 0.5) is 0 Å². The molecule has 1 atom stereocenters. The number of benzene rings is 1. The van der Waals surface area contributed by atoms with Crippen LogP contribution in [0.1, 0.15) is 31.2 Å². The van der Waals surface area contributed by atoms with E-state index in [1.807, 2.05) is 42.3 Å². The summed E-state index contributed by atoms with van der Waals surface area (Å²) in [6.07, 6.45) is 4.45. The summed E-state index contributed by atoms with van der Waals surface area (Å²) in [4.78, 5) is 13.5. The molecule has 18 heavy (non-hydrogen) atoms. The summed E-state index contributed by atoms with van der Waals surface area (Å²) in [5.41, 5.74) is 1.17. The van der Waals surface area contributed by atoms with E-state index in [0.29, 0.717) is 12.5 Å². The maximum absolute atomic E-state index is 11.5. The molecule has 3 nitrogen and oxygen atoms in total. The fourth-order valence-electron chi connectivity index (χ4n) is 2.99. The molecule has 1 N–H and O–H groups in total. The Morgan fingerprint density at radius 3 is 2.50 bits per heavy atom. The minimum Gasteiger partial charge on any atom is -0.480 e. The van der Waals surface area contributed by atoms with Crippen LogP contribution in [0, 0.1) is 5.92 Å². The molecular weight excluding hydrogens is 226 g/mol. The number of carboxylic acid groups (broad SMARTS) is 1. The highest BCUT2D eigenvalue weighted by Gasteiger charge is 2.33. The van der Waals surface area contributed by atoms with Crippen LogP contribution in [0.25, 0.3) is 0 Å². The summed E-state index contributed by atoms with van der Waals surface area (Å²) in [7, 11) is 1.92. The molecule has 1 fully saturated rings. The van der Waals surface area contributed by atoms with Crippen LogP contribution in [0.2, 0.25) is 0 Å². The lowest BCUT2D eigenvalue weighted by Gasteiger charge is -2.29. The normalized spacial score (nSPS) is 18.1. The number of hydrogen-bond donors (Lipinski definition) is 1. The SMILES string of the molecule is CN(Cc1ccccc1)C(C(=O)O)C1CCCC1. The highest BCUT2D eigenvalue weighted by Crippen LogP contribution is 2.30. The number of carboxylic acids is 1. The second-order valence-electron chi connectivity index (χ2n) is 5.23. The van der Waals surface area contributed by atoms with Crippen LogP contribution < -0.4 is 0 Å². The first-order valence-electron chi connectivity index (χ1n) is 6.65. The quantitative estimate of drug-likeness (QED) is 0.869. The second-order valence-corrected chi connectivity index (χ2v) is 5.23. The van der Waals surface area contributed by atoms with Crippen molar-refractivity contribution in [3.8, 4) is 0 Å². The molecule has 1 saturated carbocycles. The van der Waals surface area contributed by atoms with Crippen molar-refractivity contribution in [2.24, 2.45) is 5.92 Å². The first-order valence-corrected chi connectivity index (χ1v) is 6.65. The zero-order chi connectivity index (χ0) is 13.0. The van der Waals surface area contributed by atoms with Gasteiger partial charge in [0.15, 0.2) is 0 Å². The predicted molar refractivity (Wildman–Crippen MR) is 71.3 cm³/mol. The Kier molecular flexibility index (Phi) is 4.37. The Morgan fingerprint density at radius 2 is 1.94 bits per heavy atom. The maximum Gasteiger partial charge on any atom is 0.321 e. The van der Waals surface area contributed by atoms with Gasteiger partial charge < -0.3 is 5.11 Å². The molecule has 98 valence electrons. The third-order valence-electron chi connectivity index (χ3n) is 3.85. The Bertz CT molecular complexity index is 385. The molecular formula is C15H21NO2. The van der Waals surface area contributed by atoms with Crippen molar-refractivity contribution in [1.82, 2.24) is 4.90 Å². The molecule has 1 aliphatic rings. The molecule has 2 rings (SSSR count). The summed E-state index contributed by atoms with van der Waals surface area (Å²) in [6.45, 7) is 0.703. The number of rotatable bonds is 5. The van der Waals surface area contributed by atoms with Gasteiger partial charge in [-0.05, 0) is 31.4 Å². The molecule has 1 aromatic carbocycles. The van der Waals surface area contributed by atoms with Crippen LogP contribution in [-0.4, -0.2) is 29.1 Å². The minimum absolute atomic E-state index is 0.316. The van der Waals surface area contributed by atoms with Crippen LogP contribution in [-0.2, 0) is 11.3 Å². The van der Waals surface area contributed by atoms with Crippen molar-refractivity contribution in [1.29, 1.82) is 0 Å². The van der Waals surface area contributed by atoms with Gasteiger partial charge in [0.25, 0.3) is 0 Å². The summed E-state index contributed by atoms with van der Waals surface area (Å²) >= 11 is 0. The van der Waals surface area contributed by atoms with E-state index in [9.17, 15) is 9.90 Å². The lowest BCUT2D eigenvalue weighted by Crippen LogP contribution is -2.42. The van der Waals surface area contributed by atoms with Gasteiger partial charge in [0.2, 0.25) is 0 Å². The first kappa shape index (κ1) is 13.1. The van der Waals surface area contributed by atoms with Crippen molar-refractivity contribution >= 4 is 5.97 Å². The van der Waals surface area contributed by atoms with Crippen LogP contribution in [0.3, 0.4) is 0 Å². The average Bonchev–Trinajstić information content (AvgIpc) is 2.83. The van der Waals surface area contributed by atoms with E-state index in [1.165, 1.54) is 18.4 Å². The van der Waals surface area contributed by atoms with E-state index < -0.39 is 5.97 Å². The highest BCUT2D eigenvalue weighted by molar-refractivity contribution is 5.73. The van der Waals surface area contributed by atoms with Crippen molar-refractivity contribution in [2.45, 2.75) is 38.3 Å². The van der Waals surface area contributed by atoms with Crippen molar-refractivity contribution in [3.63, 3.8) is 0 Å². The Morgan fingerprint density at radius 1 is 1.33 bits per heavy atom. The molecule has 0 saturated heterocycles. The lowest BCUT2D eigenvalue weighted by atomic mass is 9.96. The molecule has 0 radical (unpaired) electrons. The monoisotopic (exact) mass is 247 g/mol. The van der Waals surface area contributed by atoms with Crippen LogP contribution in [0.15, 0.2) is 30.3 Å². The molecule has 0 bridgehead atoms. The largest absolute Gasteiger partial charge is 0.480 e. The molecule has 0 aromatic heterocycles. The highest BCUT2D eigenvalue weighted by atomic mass is 16.4. The fourth-order valence-corrected chi connectivity index (χ4v) is 2.99. The maximum atomic E-state index is 11.5. The second kappa shape index (κ2) is 6.01. The van der Waals surface area contributed by atoms with Crippen molar-refractivity contribution in [2.75, 3.05) is 7.05 Å². The van der Waals surface area contributed by atoms with Crippen molar-refractivity contribution < 1.29 is 9.90 Å². The van der Waals surface area contributed by atoms with E-state index >= 15 is 0 Å². The third kappa shape index (κ3) is 3.10. The van der Waals surface area contributed by atoms with Crippen molar-refractivity contribution in [3.05, 3.63) is 35.9 Å². The Balaban J connectivity index is 2.04. The van der Waals surface area contributed by atoms with Gasteiger partial charge in [-0.25, -0.2) is 0 Å². The van der Waals surface area contributed by atoms with E-state index in [1.54, 1.807) is 0 Å². The molecule has 0 amide bonds. The van der Waals surface area contributed by atoms with Gasteiger partial charge in [-0.3, -0.25) is 9.69 Å². The summed E-state index contributed by atoms with van der Waals surface area (Å²) in [6, 6.07) is 9.72. The van der Waals surface area contributed by atoms with Gasteiger partial charge in [0.1, 0.15) is 6.04 Å². The number of carbonyl (C=O) groups is 1. The minimum atomic E-state index is -0.680.